The van der Waals surface area contributed by atoms with Crippen LogP contribution < -0.4 is 15.4 Å². The first kappa shape index (κ1) is 22.0. The summed E-state index contributed by atoms with van der Waals surface area (Å²) in [5, 5.41) is 16.4. The molecule has 1 aliphatic heterocycles. The molecule has 1 saturated heterocycles. The molecule has 1 heterocycles. The Bertz CT molecular complexity index is 814. The summed E-state index contributed by atoms with van der Waals surface area (Å²) in [7, 11) is 1.56. The second kappa shape index (κ2) is 11.5. The Morgan fingerprint density at radius 3 is 2.43 bits per heavy atom. The van der Waals surface area contributed by atoms with Crippen LogP contribution in [0.1, 0.15) is 36.5 Å². The SMILES string of the molecule is CCNC(=NCc1ccc(CN2CCCC2)cc1)NCCc1ccc(O)c(OC)c1. The van der Waals surface area contributed by atoms with E-state index in [4.69, 9.17) is 9.73 Å². The summed E-state index contributed by atoms with van der Waals surface area (Å²) < 4.78 is 5.18. The third kappa shape index (κ3) is 6.66. The van der Waals surface area contributed by atoms with Crippen molar-refractivity contribution in [3.8, 4) is 11.5 Å². The van der Waals surface area contributed by atoms with E-state index in [1.165, 1.54) is 37.1 Å². The highest BCUT2D eigenvalue weighted by Crippen LogP contribution is 2.26. The number of phenolic OH excluding ortho intramolecular Hbond substituents is 1. The van der Waals surface area contributed by atoms with Gasteiger partial charge in [0, 0.05) is 19.6 Å². The highest BCUT2D eigenvalue weighted by Gasteiger charge is 2.11. The third-order valence-corrected chi connectivity index (χ3v) is 5.34. The molecule has 1 fully saturated rings. The molecule has 162 valence electrons. The van der Waals surface area contributed by atoms with Gasteiger partial charge in [-0.2, -0.15) is 0 Å². The third-order valence-electron chi connectivity index (χ3n) is 5.34. The number of hydrogen-bond donors (Lipinski definition) is 3. The molecule has 0 bridgehead atoms. The maximum absolute atomic E-state index is 9.71. The first-order valence-electron chi connectivity index (χ1n) is 10.9. The summed E-state index contributed by atoms with van der Waals surface area (Å²) in [5.41, 5.74) is 3.68. The largest absolute Gasteiger partial charge is 0.504 e. The fourth-order valence-electron chi connectivity index (χ4n) is 3.66. The van der Waals surface area contributed by atoms with Crippen molar-refractivity contribution in [2.45, 2.75) is 39.3 Å². The van der Waals surface area contributed by atoms with E-state index < -0.39 is 0 Å². The van der Waals surface area contributed by atoms with Gasteiger partial charge in [0.1, 0.15) is 0 Å². The number of rotatable bonds is 9. The van der Waals surface area contributed by atoms with Crippen LogP contribution in [0.4, 0.5) is 0 Å². The number of aromatic hydroxyl groups is 1. The standard InChI is InChI=1S/C24H34N4O2/c1-3-25-24(26-13-12-19-10-11-22(29)23(16-19)30-2)27-17-20-6-8-21(9-7-20)18-28-14-4-5-15-28/h6-11,16,29H,3-5,12-15,17-18H2,1-2H3,(H2,25,26,27). The lowest BCUT2D eigenvalue weighted by atomic mass is 10.1. The van der Waals surface area contributed by atoms with Crippen molar-refractivity contribution in [1.29, 1.82) is 0 Å². The minimum Gasteiger partial charge on any atom is -0.504 e. The fraction of sp³-hybridized carbons (Fsp3) is 0.458. The predicted molar refractivity (Wildman–Crippen MR) is 122 cm³/mol. The molecule has 2 aromatic carbocycles. The van der Waals surface area contributed by atoms with Crippen LogP contribution in [0, 0.1) is 0 Å². The number of methoxy groups -OCH3 is 1. The highest BCUT2D eigenvalue weighted by molar-refractivity contribution is 5.79. The smallest absolute Gasteiger partial charge is 0.191 e. The van der Waals surface area contributed by atoms with Gasteiger partial charge in [-0.15, -0.1) is 0 Å². The summed E-state index contributed by atoms with van der Waals surface area (Å²) in [6, 6.07) is 14.3. The van der Waals surface area contributed by atoms with Gasteiger partial charge in [-0.1, -0.05) is 30.3 Å². The minimum absolute atomic E-state index is 0.163. The fourth-order valence-corrected chi connectivity index (χ4v) is 3.66. The van der Waals surface area contributed by atoms with Crippen LogP contribution in [0.15, 0.2) is 47.5 Å². The number of benzene rings is 2. The van der Waals surface area contributed by atoms with Gasteiger partial charge in [-0.25, -0.2) is 4.99 Å². The monoisotopic (exact) mass is 410 g/mol. The lowest BCUT2D eigenvalue weighted by Crippen LogP contribution is -2.38. The molecule has 6 heteroatoms. The molecule has 0 amide bonds. The van der Waals surface area contributed by atoms with Gasteiger partial charge in [-0.3, -0.25) is 4.90 Å². The Morgan fingerprint density at radius 2 is 1.73 bits per heavy atom. The zero-order valence-electron chi connectivity index (χ0n) is 18.2. The Hall–Kier alpha value is -2.73. The minimum atomic E-state index is 0.163. The van der Waals surface area contributed by atoms with Gasteiger partial charge < -0.3 is 20.5 Å². The molecule has 0 unspecified atom stereocenters. The first-order valence-corrected chi connectivity index (χ1v) is 10.9. The van der Waals surface area contributed by atoms with E-state index in [-0.39, 0.29) is 5.75 Å². The topological polar surface area (TPSA) is 69.1 Å². The molecule has 2 aromatic rings. The number of nitrogens with one attached hydrogen (secondary N) is 2. The van der Waals surface area contributed by atoms with Crippen molar-refractivity contribution in [1.82, 2.24) is 15.5 Å². The Kier molecular flexibility index (Phi) is 8.39. The van der Waals surface area contributed by atoms with Crippen LogP contribution in [-0.4, -0.2) is 49.3 Å². The van der Waals surface area contributed by atoms with E-state index in [1.807, 2.05) is 12.1 Å². The molecule has 0 aromatic heterocycles. The Morgan fingerprint density at radius 1 is 1.03 bits per heavy atom. The van der Waals surface area contributed by atoms with Crippen LogP contribution in [0.25, 0.3) is 0 Å². The first-order chi connectivity index (χ1) is 14.7. The van der Waals surface area contributed by atoms with Crippen LogP contribution in [0.2, 0.25) is 0 Å². The number of likely N-dealkylation sites (tertiary alicyclic amines) is 1. The molecule has 0 aliphatic carbocycles. The van der Waals surface area contributed by atoms with Gasteiger partial charge in [0.2, 0.25) is 0 Å². The number of hydrogen-bond acceptors (Lipinski definition) is 4. The summed E-state index contributed by atoms with van der Waals surface area (Å²) in [5.74, 6) is 1.47. The molecule has 3 rings (SSSR count). The van der Waals surface area contributed by atoms with E-state index in [0.29, 0.717) is 12.3 Å². The van der Waals surface area contributed by atoms with E-state index in [0.717, 1.165) is 37.6 Å². The van der Waals surface area contributed by atoms with Crippen molar-refractivity contribution < 1.29 is 9.84 Å². The van der Waals surface area contributed by atoms with Crippen molar-refractivity contribution >= 4 is 5.96 Å². The summed E-state index contributed by atoms with van der Waals surface area (Å²) in [6.45, 7) is 7.76. The summed E-state index contributed by atoms with van der Waals surface area (Å²) >= 11 is 0. The van der Waals surface area contributed by atoms with Gasteiger partial charge in [0.25, 0.3) is 0 Å². The second-order valence-corrected chi connectivity index (χ2v) is 7.68. The van der Waals surface area contributed by atoms with E-state index >= 15 is 0 Å². The van der Waals surface area contributed by atoms with Crippen molar-refractivity contribution in [2.24, 2.45) is 4.99 Å². The van der Waals surface area contributed by atoms with Gasteiger partial charge >= 0.3 is 0 Å². The van der Waals surface area contributed by atoms with E-state index in [2.05, 4.69) is 46.7 Å². The molecular weight excluding hydrogens is 376 g/mol. The summed E-state index contributed by atoms with van der Waals surface area (Å²) in [4.78, 5) is 7.23. The zero-order chi connectivity index (χ0) is 21.2. The maximum atomic E-state index is 9.71. The quantitative estimate of drug-likeness (QED) is 0.437. The normalized spacial score (nSPS) is 14.7. The predicted octanol–water partition coefficient (Wildman–Crippen LogP) is 3.29. The number of ether oxygens (including phenoxy) is 1. The molecule has 0 spiro atoms. The lowest BCUT2D eigenvalue weighted by Gasteiger charge is -2.14. The molecule has 0 saturated carbocycles. The average molecular weight is 411 g/mol. The lowest BCUT2D eigenvalue weighted by molar-refractivity contribution is 0.331. The molecule has 1 aliphatic rings. The number of phenols is 1. The van der Waals surface area contributed by atoms with Crippen molar-refractivity contribution in [2.75, 3.05) is 33.3 Å². The molecule has 3 N–H and O–H groups in total. The van der Waals surface area contributed by atoms with Gasteiger partial charge in [-0.05, 0) is 68.1 Å². The molecule has 30 heavy (non-hydrogen) atoms. The van der Waals surface area contributed by atoms with Crippen LogP contribution in [-0.2, 0) is 19.5 Å². The van der Waals surface area contributed by atoms with E-state index in [1.54, 1.807) is 13.2 Å². The molecule has 0 radical (unpaired) electrons. The van der Waals surface area contributed by atoms with E-state index in [9.17, 15) is 5.11 Å². The number of guanidine groups is 1. The Labute approximate surface area is 180 Å². The maximum Gasteiger partial charge on any atom is 0.191 e. The summed E-state index contributed by atoms with van der Waals surface area (Å²) in [6.07, 6.45) is 3.47. The number of nitrogens with zero attached hydrogens (tertiary/aromatic N) is 2. The number of aliphatic imine (C=N–C) groups is 1. The Balaban J connectivity index is 1.50. The van der Waals surface area contributed by atoms with Gasteiger partial charge in [0.05, 0.1) is 13.7 Å². The highest BCUT2D eigenvalue weighted by atomic mass is 16.5. The van der Waals surface area contributed by atoms with Crippen molar-refractivity contribution in [3.63, 3.8) is 0 Å². The van der Waals surface area contributed by atoms with Crippen LogP contribution in [0.5, 0.6) is 11.5 Å². The van der Waals surface area contributed by atoms with Crippen LogP contribution >= 0.6 is 0 Å². The van der Waals surface area contributed by atoms with Gasteiger partial charge in [0.15, 0.2) is 17.5 Å². The molecule has 0 atom stereocenters. The second-order valence-electron chi connectivity index (χ2n) is 7.68. The van der Waals surface area contributed by atoms with Crippen LogP contribution in [0.3, 0.4) is 0 Å². The molecular formula is C24H34N4O2. The zero-order valence-corrected chi connectivity index (χ0v) is 18.2. The molecule has 6 nitrogen and oxygen atoms in total. The van der Waals surface area contributed by atoms with Crippen molar-refractivity contribution in [3.05, 3.63) is 59.2 Å². The average Bonchev–Trinajstić information content (AvgIpc) is 3.27.